The van der Waals surface area contributed by atoms with Gasteiger partial charge in [-0.25, -0.2) is 0 Å². The average molecular weight is 867 g/mol. The van der Waals surface area contributed by atoms with E-state index in [4.69, 9.17) is 14.2 Å². The van der Waals surface area contributed by atoms with Crippen LogP contribution in [0.15, 0.2) is 60.8 Å². The Morgan fingerprint density at radius 2 is 0.726 bits per heavy atom. The van der Waals surface area contributed by atoms with Gasteiger partial charge in [0.25, 0.3) is 0 Å². The largest absolute Gasteiger partial charge is 0.462 e. The molecule has 0 rings (SSSR count). The fraction of sp³-hybridized carbons (Fsp3) is 0.789. The van der Waals surface area contributed by atoms with Crippen molar-refractivity contribution in [1.29, 1.82) is 0 Å². The van der Waals surface area contributed by atoms with Gasteiger partial charge in [0.15, 0.2) is 6.10 Å². The number of rotatable bonds is 49. The molecule has 0 bridgehead atoms. The van der Waals surface area contributed by atoms with E-state index in [-0.39, 0.29) is 25.2 Å². The van der Waals surface area contributed by atoms with Crippen molar-refractivity contribution in [2.75, 3.05) is 19.8 Å². The molecule has 0 aliphatic rings. The maximum absolute atomic E-state index is 12.8. The molecule has 5 nitrogen and oxygen atoms in total. The Bertz CT molecular complexity index is 1070. The van der Waals surface area contributed by atoms with Crippen molar-refractivity contribution in [1.82, 2.24) is 0 Å². The third-order valence-corrected chi connectivity index (χ3v) is 11.6. The third kappa shape index (κ3) is 50.2. The lowest BCUT2D eigenvalue weighted by atomic mass is 10.0. The quantitative estimate of drug-likeness (QED) is 0.0346. The van der Waals surface area contributed by atoms with Crippen LogP contribution < -0.4 is 0 Å². The summed E-state index contributed by atoms with van der Waals surface area (Å²) in [5.41, 5.74) is 0. The number of carbonyl (C=O) groups is 2. The van der Waals surface area contributed by atoms with E-state index in [2.05, 4.69) is 81.5 Å². The average Bonchev–Trinajstić information content (AvgIpc) is 3.27. The van der Waals surface area contributed by atoms with Gasteiger partial charge in [-0.1, -0.05) is 248 Å². The van der Waals surface area contributed by atoms with E-state index >= 15 is 0 Å². The minimum atomic E-state index is -0.546. The molecule has 5 heteroatoms. The summed E-state index contributed by atoms with van der Waals surface area (Å²) in [7, 11) is 0. The van der Waals surface area contributed by atoms with E-state index in [0.29, 0.717) is 19.4 Å². The summed E-state index contributed by atoms with van der Waals surface area (Å²) in [6.07, 6.45) is 66.6. The molecular formula is C57H102O5. The Morgan fingerprint density at radius 3 is 1.16 bits per heavy atom. The molecule has 0 spiro atoms. The highest BCUT2D eigenvalue weighted by atomic mass is 16.6. The van der Waals surface area contributed by atoms with Gasteiger partial charge >= 0.3 is 11.9 Å². The first-order valence-electron chi connectivity index (χ1n) is 26.8. The number of unbranched alkanes of at least 4 members (excludes halogenated alkanes) is 28. The highest BCUT2D eigenvalue weighted by Crippen LogP contribution is 2.15. The third-order valence-electron chi connectivity index (χ3n) is 11.6. The zero-order chi connectivity index (χ0) is 44.9. The van der Waals surface area contributed by atoms with Crippen LogP contribution in [0.25, 0.3) is 0 Å². The second-order valence-electron chi connectivity index (χ2n) is 17.8. The van der Waals surface area contributed by atoms with Gasteiger partial charge in [-0.05, 0) is 64.2 Å². The SMILES string of the molecule is CC/C=C\C/C=C\C/C=C\C/C=C\C/C=C\CCCCCC(=O)OCC(COCCCCCCCCCCCCCCCCCC)OC(=O)CCCCCCCCCCCCC. The second kappa shape index (κ2) is 52.9. The summed E-state index contributed by atoms with van der Waals surface area (Å²) in [5, 5.41) is 0. The molecule has 0 amide bonds. The van der Waals surface area contributed by atoms with Crippen LogP contribution in [-0.4, -0.2) is 37.9 Å². The Morgan fingerprint density at radius 1 is 0.371 bits per heavy atom. The van der Waals surface area contributed by atoms with Crippen LogP contribution in [0.1, 0.15) is 265 Å². The summed E-state index contributed by atoms with van der Waals surface area (Å²) in [6.45, 7) is 7.71. The van der Waals surface area contributed by atoms with Gasteiger partial charge in [-0.3, -0.25) is 9.59 Å². The van der Waals surface area contributed by atoms with Crippen LogP contribution in [0.2, 0.25) is 0 Å². The molecule has 0 fully saturated rings. The van der Waals surface area contributed by atoms with Gasteiger partial charge in [0.2, 0.25) is 0 Å². The molecule has 0 aromatic heterocycles. The van der Waals surface area contributed by atoms with Crippen LogP contribution in [0.3, 0.4) is 0 Å². The van der Waals surface area contributed by atoms with Crippen molar-refractivity contribution in [3.63, 3.8) is 0 Å². The first-order chi connectivity index (χ1) is 30.6. The van der Waals surface area contributed by atoms with Gasteiger partial charge in [0.1, 0.15) is 6.61 Å². The maximum Gasteiger partial charge on any atom is 0.306 e. The smallest absolute Gasteiger partial charge is 0.306 e. The molecule has 0 heterocycles. The van der Waals surface area contributed by atoms with Crippen molar-refractivity contribution in [2.45, 2.75) is 271 Å². The molecule has 0 aromatic carbocycles. The molecule has 62 heavy (non-hydrogen) atoms. The standard InChI is InChI=1S/C57H102O5/c1-4-7-10-13-16-19-22-24-26-28-29-30-31-33-36-38-41-44-47-50-56(58)61-54-55(62-57(59)51-48-45-42-39-35-21-18-15-12-9-6-3)53-60-52-49-46-43-40-37-34-32-27-25-23-20-17-14-11-8-5-2/h7,10,16,19,24,26,29-30,33,36,55H,4-6,8-9,11-15,17-18,20-23,25,27-28,31-32,34-35,37-54H2,1-3H3/b10-7-,19-16-,26-24-,30-29-,36-33-. The molecule has 0 saturated carbocycles. The van der Waals surface area contributed by atoms with E-state index in [0.717, 1.165) is 83.5 Å². The molecule has 0 radical (unpaired) electrons. The van der Waals surface area contributed by atoms with Gasteiger partial charge < -0.3 is 14.2 Å². The number of esters is 2. The Kier molecular flexibility index (Phi) is 50.9. The summed E-state index contributed by atoms with van der Waals surface area (Å²) in [6, 6.07) is 0. The maximum atomic E-state index is 12.8. The first kappa shape index (κ1) is 59.6. The monoisotopic (exact) mass is 867 g/mol. The van der Waals surface area contributed by atoms with Crippen LogP contribution in [0, 0.1) is 0 Å². The predicted octanol–water partition coefficient (Wildman–Crippen LogP) is 18.1. The van der Waals surface area contributed by atoms with E-state index in [1.165, 1.54) is 148 Å². The fourth-order valence-corrected chi connectivity index (χ4v) is 7.60. The van der Waals surface area contributed by atoms with E-state index in [1.54, 1.807) is 0 Å². The van der Waals surface area contributed by atoms with Gasteiger partial charge in [-0.2, -0.15) is 0 Å². The van der Waals surface area contributed by atoms with Crippen LogP contribution in [-0.2, 0) is 23.8 Å². The van der Waals surface area contributed by atoms with Crippen LogP contribution in [0.4, 0.5) is 0 Å². The highest BCUT2D eigenvalue weighted by Gasteiger charge is 2.17. The molecular weight excluding hydrogens is 765 g/mol. The van der Waals surface area contributed by atoms with Crippen molar-refractivity contribution in [3.8, 4) is 0 Å². The highest BCUT2D eigenvalue weighted by molar-refractivity contribution is 5.70. The molecule has 1 atom stereocenters. The van der Waals surface area contributed by atoms with Crippen molar-refractivity contribution >= 4 is 11.9 Å². The van der Waals surface area contributed by atoms with E-state index < -0.39 is 6.10 Å². The Hall–Kier alpha value is -2.40. The van der Waals surface area contributed by atoms with Crippen LogP contribution >= 0.6 is 0 Å². The van der Waals surface area contributed by atoms with Crippen molar-refractivity contribution in [3.05, 3.63) is 60.8 Å². The molecule has 0 saturated heterocycles. The summed E-state index contributed by atoms with van der Waals surface area (Å²) in [5.74, 6) is -0.424. The van der Waals surface area contributed by atoms with Gasteiger partial charge in [-0.15, -0.1) is 0 Å². The lowest BCUT2D eigenvalue weighted by Gasteiger charge is -2.18. The predicted molar refractivity (Wildman–Crippen MR) is 270 cm³/mol. The number of allylic oxidation sites excluding steroid dienone is 10. The van der Waals surface area contributed by atoms with E-state index in [1.807, 2.05) is 0 Å². The zero-order valence-electron chi connectivity index (χ0n) is 41.4. The first-order valence-corrected chi connectivity index (χ1v) is 26.8. The minimum absolute atomic E-state index is 0.0713. The molecule has 0 N–H and O–H groups in total. The Balaban J connectivity index is 4.27. The number of ether oxygens (including phenoxy) is 3. The van der Waals surface area contributed by atoms with Crippen molar-refractivity contribution in [2.24, 2.45) is 0 Å². The van der Waals surface area contributed by atoms with E-state index in [9.17, 15) is 9.59 Å². The number of hydrogen-bond acceptors (Lipinski definition) is 5. The Labute approximate surface area is 385 Å². The number of carbonyl (C=O) groups excluding carboxylic acids is 2. The van der Waals surface area contributed by atoms with Gasteiger partial charge in [0.05, 0.1) is 6.61 Å². The summed E-state index contributed by atoms with van der Waals surface area (Å²) < 4.78 is 17.4. The molecule has 1 unspecified atom stereocenters. The molecule has 0 aliphatic heterocycles. The topological polar surface area (TPSA) is 61.8 Å². The zero-order valence-corrected chi connectivity index (χ0v) is 41.4. The second-order valence-corrected chi connectivity index (χ2v) is 17.8. The van der Waals surface area contributed by atoms with Gasteiger partial charge in [0, 0.05) is 19.4 Å². The number of hydrogen-bond donors (Lipinski definition) is 0. The lowest BCUT2D eigenvalue weighted by molar-refractivity contribution is -0.163. The fourth-order valence-electron chi connectivity index (χ4n) is 7.60. The van der Waals surface area contributed by atoms with Crippen LogP contribution in [0.5, 0.6) is 0 Å². The molecule has 360 valence electrons. The minimum Gasteiger partial charge on any atom is -0.462 e. The summed E-state index contributed by atoms with van der Waals surface area (Å²) in [4.78, 5) is 25.4. The molecule has 0 aliphatic carbocycles. The van der Waals surface area contributed by atoms with Crippen molar-refractivity contribution < 1.29 is 23.8 Å². The molecule has 0 aromatic rings. The summed E-state index contributed by atoms with van der Waals surface area (Å²) >= 11 is 0. The lowest BCUT2D eigenvalue weighted by Crippen LogP contribution is -2.30. The normalized spacial score (nSPS) is 12.6.